The summed E-state index contributed by atoms with van der Waals surface area (Å²) in [6.45, 7) is 0. The minimum absolute atomic E-state index is 0.850. The van der Waals surface area contributed by atoms with Crippen LogP contribution in [0, 0.1) is 0 Å². The molecule has 0 fully saturated rings. The summed E-state index contributed by atoms with van der Waals surface area (Å²) < 4.78 is 2.08. The molecule has 0 aliphatic rings. The van der Waals surface area contributed by atoms with Crippen LogP contribution in [0.3, 0.4) is 0 Å². The Morgan fingerprint density at radius 3 is 2.55 bits per heavy atom. The summed E-state index contributed by atoms with van der Waals surface area (Å²) in [5, 5.41) is 9.72. The van der Waals surface area contributed by atoms with E-state index >= 15 is 0 Å². The first kappa shape index (κ1) is 11.5. The van der Waals surface area contributed by atoms with Crippen molar-refractivity contribution in [2.45, 2.75) is 4.90 Å². The molecule has 96 valence electrons. The molecule has 0 unspecified atom stereocenters. The Morgan fingerprint density at radius 1 is 0.850 bits per heavy atom. The molecular weight excluding hydrogens is 266 g/mol. The normalized spacial score (nSPS) is 11.2. The third-order valence-corrected chi connectivity index (χ3v) is 3.66. The largest absolute Gasteiger partial charge is 0.275 e. The highest BCUT2D eigenvalue weighted by molar-refractivity contribution is 7.80. The molecule has 0 aliphatic carbocycles. The van der Waals surface area contributed by atoms with Gasteiger partial charge >= 0.3 is 0 Å². The maximum atomic E-state index is 4.39. The summed E-state index contributed by atoms with van der Waals surface area (Å²) >= 11 is 4.39. The molecule has 0 atom stereocenters. The Labute approximate surface area is 121 Å². The van der Waals surface area contributed by atoms with Gasteiger partial charge in [-0.3, -0.25) is 4.40 Å². The van der Waals surface area contributed by atoms with Crippen LogP contribution in [-0.2, 0) is 0 Å². The molecule has 2 heterocycles. The summed E-state index contributed by atoms with van der Waals surface area (Å²) in [5.74, 6) is 0.859. The van der Waals surface area contributed by atoms with Crippen LogP contribution < -0.4 is 0 Å². The number of hydrogen-bond acceptors (Lipinski definition) is 3. The van der Waals surface area contributed by atoms with Gasteiger partial charge in [-0.15, -0.1) is 22.8 Å². The van der Waals surface area contributed by atoms with Crippen molar-refractivity contribution >= 4 is 29.2 Å². The van der Waals surface area contributed by atoms with Crippen LogP contribution in [-0.4, -0.2) is 14.6 Å². The lowest BCUT2D eigenvalue weighted by Crippen LogP contribution is -1.92. The standard InChI is InChI=1S/C16H11N3S/c20-13-7-8-14-12(10-13)6-9-15-17-18-16(19(14)15)11-4-2-1-3-5-11/h1-10,20H. The van der Waals surface area contributed by atoms with Gasteiger partial charge in [-0.2, -0.15) is 0 Å². The molecule has 0 amide bonds. The van der Waals surface area contributed by atoms with Gasteiger partial charge in [0.1, 0.15) is 0 Å². The van der Waals surface area contributed by atoms with Crippen molar-refractivity contribution in [3.8, 4) is 11.4 Å². The van der Waals surface area contributed by atoms with E-state index in [2.05, 4.69) is 33.3 Å². The second-order valence-electron chi connectivity index (χ2n) is 4.66. The average molecular weight is 277 g/mol. The molecule has 20 heavy (non-hydrogen) atoms. The lowest BCUT2D eigenvalue weighted by Gasteiger charge is -2.05. The summed E-state index contributed by atoms with van der Waals surface area (Å²) in [4.78, 5) is 0.950. The second kappa shape index (κ2) is 4.35. The quantitative estimate of drug-likeness (QED) is 0.536. The maximum Gasteiger partial charge on any atom is 0.168 e. The molecule has 4 rings (SSSR count). The van der Waals surface area contributed by atoms with Gasteiger partial charge in [0.15, 0.2) is 11.5 Å². The summed E-state index contributed by atoms with van der Waals surface area (Å²) in [5.41, 5.74) is 3.00. The van der Waals surface area contributed by atoms with Gasteiger partial charge in [0.2, 0.25) is 0 Å². The third-order valence-electron chi connectivity index (χ3n) is 3.38. The topological polar surface area (TPSA) is 30.2 Å². The van der Waals surface area contributed by atoms with E-state index in [4.69, 9.17) is 0 Å². The monoisotopic (exact) mass is 277 g/mol. The first-order valence-electron chi connectivity index (χ1n) is 6.35. The Kier molecular flexibility index (Phi) is 2.50. The highest BCUT2D eigenvalue weighted by Gasteiger charge is 2.10. The van der Waals surface area contributed by atoms with Crippen LogP contribution in [0.15, 0.2) is 65.6 Å². The van der Waals surface area contributed by atoms with Crippen molar-refractivity contribution in [2.75, 3.05) is 0 Å². The molecule has 3 nitrogen and oxygen atoms in total. The fourth-order valence-electron chi connectivity index (χ4n) is 2.46. The Morgan fingerprint density at radius 2 is 1.70 bits per heavy atom. The number of nitrogens with zero attached hydrogens (tertiary/aromatic N) is 3. The molecule has 4 heteroatoms. The zero-order valence-corrected chi connectivity index (χ0v) is 11.5. The minimum Gasteiger partial charge on any atom is -0.275 e. The van der Waals surface area contributed by atoms with Gasteiger partial charge in [0.05, 0.1) is 5.52 Å². The van der Waals surface area contributed by atoms with E-state index in [0.717, 1.165) is 32.8 Å². The van der Waals surface area contributed by atoms with E-state index in [-0.39, 0.29) is 0 Å². The third kappa shape index (κ3) is 1.69. The van der Waals surface area contributed by atoms with E-state index in [0.29, 0.717) is 0 Å². The predicted octanol–water partition coefficient (Wildman–Crippen LogP) is 3.84. The summed E-state index contributed by atoms with van der Waals surface area (Å²) in [6.07, 6.45) is 0. The Hall–Kier alpha value is -2.33. The van der Waals surface area contributed by atoms with Gasteiger partial charge in [-0.25, -0.2) is 0 Å². The van der Waals surface area contributed by atoms with Crippen LogP contribution in [0.25, 0.3) is 27.9 Å². The molecule has 0 aliphatic heterocycles. The molecule has 0 spiro atoms. The van der Waals surface area contributed by atoms with Crippen LogP contribution in [0.5, 0.6) is 0 Å². The van der Waals surface area contributed by atoms with Crippen molar-refractivity contribution in [3.63, 3.8) is 0 Å². The molecule has 0 bridgehead atoms. The molecule has 0 N–H and O–H groups in total. The van der Waals surface area contributed by atoms with Crippen molar-refractivity contribution in [1.29, 1.82) is 0 Å². The molecule has 0 saturated carbocycles. The molecule has 4 aromatic rings. The fourth-order valence-corrected chi connectivity index (χ4v) is 2.67. The number of rotatable bonds is 1. The zero-order chi connectivity index (χ0) is 13.5. The van der Waals surface area contributed by atoms with Gasteiger partial charge < -0.3 is 0 Å². The molecule has 2 aromatic carbocycles. The van der Waals surface area contributed by atoms with E-state index in [1.54, 1.807) is 0 Å². The van der Waals surface area contributed by atoms with E-state index in [1.807, 2.05) is 54.6 Å². The number of hydrogen-bond donors (Lipinski definition) is 1. The number of aromatic nitrogens is 3. The highest BCUT2D eigenvalue weighted by Crippen LogP contribution is 2.25. The van der Waals surface area contributed by atoms with Crippen LogP contribution in [0.4, 0.5) is 0 Å². The number of fused-ring (bicyclic) bond motifs is 3. The van der Waals surface area contributed by atoms with Gasteiger partial charge in [-0.1, -0.05) is 30.3 Å². The van der Waals surface area contributed by atoms with Crippen molar-refractivity contribution < 1.29 is 0 Å². The van der Waals surface area contributed by atoms with Crippen molar-refractivity contribution in [3.05, 3.63) is 60.7 Å². The zero-order valence-electron chi connectivity index (χ0n) is 10.6. The Balaban J connectivity index is 2.13. The van der Waals surface area contributed by atoms with Crippen molar-refractivity contribution in [1.82, 2.24) is 14.6 Å². The van der Waals surface area contributed by atoms with Crippen molar-refractivity contribution in [2.24, 2.45) is 0 Å². The van der Waals surface area contributed by atoms with Gasteiger partial charge in [0, 0.05) is 10.5 Å². The lowest BCUT2D eigenvalue weighted by molar-refractivity contribution is 1.12. The summed E-state index contributed by atoms with van der Waals surface area (Å²) in [6, 6.07) is 20.2. The second-order valence-corrected chi connectivity index (χ2v) is 5.18. The fraction of sp³-hybridized carbons (Fsp3) is 0. The maximum absolute atomic E-state index is 4.39. The highest BCUT2D eigenvalue weighted by atomic mass is 32.1. The minimum atomic E-state index is 0.850. The first-order chi connectivity index (χ1) is 9.83. The first-order valence-corrected chi connectivity index (χ1v) is 6.80. The summed E-state index contributed by atoms with van der Waals surface area (Å²) in [7, 11) is 0. The van der Waals surface area contributed by atoms with Gasteiger partial charge in [0.25, 0.3) is 0 Å². The van der Waals surface area contributed by atoms with Crippen LogP contribution in [0.1, 0.15) is 0 Å². The van der Waals surface area contributed by atoms with Crippen LogP contribution >= 0.6 is 12.6 Å². The molecule has 2 aromatic heterocycles. The number of benzene rings is 2. The average Bonchev–Trinajstić information content (AvgIpc) is 2.92. The molecule has 0 radical (unpaired) electrons. The van der Waals surface area contributed by atoms with E-state index in [9.17, 15) is 0 Å². The van der Waals surface area contributed by atoms with E-state index < -0.39 is 0 Å². The number of thiol groups is 1. The lowest BCUT2D eigenvalue weighted by atomic mass is 10.2. The number of pyridine rings is 1. The van der Waals surface area contributed by atoms with Crippen LogP contribution in [0.2, 0.25) is 0 Å². The smallest absolute Gasteiger partial charge is 0.168 e. The predicted molar refractivity (Wildman–Crippen MR) is 83.2 cm³/mol. The van der Waals surface area contributed by atoms with Gasteiger partial charge in [-0.05, 0) is 35.7 Å². The molecule has 0 saturated heterocycles. The molecular formula is C16H11N3S. The van der Waals surface area contributed by atoms with E-state index in [1.165, 1.54) is 0 Å². The Bertz CT molecular complexity index is 913. The SMILES string of the molecule is Sc1ccc2c(ccc3nnc(-c4ccccc4)n32)c1.